The maximum atomic E-state index is 9.87. The van der Waals surface area contributed by atoms with Crippen molar-refractivity contribution >= 4 is 11.9 Å². The first-order valence-electron chi connectivity index (χ1n) is 6.73. The largest absolute Gasteiger partial charge is 0.391 e. The van der Waals surface area contributed by atoms with Gasteiger partial charge in [0.05, 0.1) is 6.10 Å². The fourth-order valence-corrected chi connectivity index (χ4v) is 1.83. The van der Waals surface area contributed by atoms with Crippen LogP contribution in [-0.4, -0.2) is 42.5 Å². The van der Waals surface area contributed by atoms with Crippen LogP contribution in [0.4, 0.5) is 11.9 Å². The van der Waals surface area contributed by atoms with Crippen LogP contribution in [0.15, 0.2) is 18.5 Å². The lowest BCUT2D eigenvalue weighted by atomic mass is 10.1. The maximum absolute atomic E-state index is 9.87. The molecule has 0 spiro atoms. The summed E-state index contributed by atoms with van der Waals surface area (Å²) >= 11 is 0. The summed E-state index contributed by atoms with van der Waals surface area (Å²) in [7, 11) is 0. The van der Waals surface area contributed by atoms with E-state index in [1.54, 1.807) is 18.5 Å². The zero-order valence-corrected chi connectivity index (χ0v) is 12.1. The Morgan fingerprint density at radius 1 is 1.29 bits per heavy atom. The van der Waals surface area contributed by atoms with Crippen molar-refractivity contribution in [3.05, 3.63) is 18.5 Å². The third kappa shape index (κ3) is 4.36. The molecule has 0 aliphatic rings. The summed E-state index contributed by atoms with van der Waals surface area (Å²) in [6.45, 7) is 4.46. The molecule has 0 bridgehead atoms. The average molecular weight is 292 g/mol. The molecule has 0 amide bonds. The number of hydrogen-bond acceptors (Lipinski definition) is 8. The van der Waals surface area contributed by atoms with Crippen LogP contribution in [-0.2, 0) is 0 Å². The lowest BCUT2D eigenvalue weighted by Gasteiger charge is -2.14. The summed E-state index contributed by atoms with van der Waals surface area (Å²) < 4.78 is 1.50. The van der Waals surface area contributed by atoms with Crippen molar-refractivity contribution in [2.75, 3.05) is 17.3 Å². The molecule has 2 heterocycles. The summed E-state index contributed by atoms with van der Waals surface area (Å²) in [6.07, 6.45) is 3.57. The number of rotatable bonds is 7. The molecular weight excluding hydrogens is 272 g/mol. The van der Waals surface area contributed by atoms with Crippen molar-refractivity contribution < 1.29 is 5.11 Å². The quantitative estimate of drug-likeness (QED) is 0.420. The molecule has 2 rings (SSSR count). The Labute approximate surface area is 122 Å². The predicted molar refractivity (Wildman–Crippen MR) is 78.7 cm³/mol. The second-order valence-electron chi connectivity index (χ2n) is 5.04. The average Bonchev–Trinajstić information content (AvgIpc) is 2.98. The van der Waals surface area contributed by atoms with Gasteiger partial charge in [0.1, 0.15) is 0 Å². The minimum Gasteiger partial charge on any atom is -0.391 e. The van der Waals surface area contributed by atoms with Gasteiger partial charge in [0.15, 0.2) is 0 Å². The van der Waals surface area contributed by atoms with Crippen molar-refractivity contribution in [1.29, 1.82) is 0 Å². The van der Waals surface area contributed by atoms with Gasteiger partial charge >= 0.3 is 0 Å². The number of aliphatic hydroxyl groups is 1. The Hall–Kier alpha value is -2.26. The van der Waals surface area contributed by atoms with E-state index in [0.29, 0.717) is 30.8 Å². The number of hydrogen-bond donors (Lipinski definition) is 4. The maximum Gasteiger partial charge on any atom is 0.257 e. The van der Waals surface area contributed by atoms with E-state index in [1.807, 2.05) is 0 Å². The molecule has 0 radical (unpaired) electrons. The van der Waals surface area contributed by atoms with Gasteiger partial charge in [0.2, 0.25) is 11.9 Å². The first-order valence-corrected chi connectivity index (χ1v) is 6.73. The van der Waals surface area contributed by atoms with Crippen molar-refractivity contribution in [1.82, 2.24) is 24.7 Å². The summed E-state index contributed by atoms with van der Waals surface area (Å²) in [5, 5.41) is 16.9. The third-order valence-corrected chi connectivity index (χ3v) is 2.70. The van der Waals surface area contributed by atoms with Crippen molar-refractivity contribution in [3.8, 4) is 5.95 Å². The molecule has 2 aromatic rings. The first-order chi connectivity index (χ1) is 10.1. The Balaban J connectivity index is 2.10. The second-order valence-corrected chi connectivity index (χ2v) is 5.04. The monoisotopic (exact) mass is 292 g/mol. The first kappa shape index (κ1) is 15.1. The molecule has 9 nitrogen and oxygen atoms in total. The number of aliphatic hydroxyl groups excluding tert-OH is 1. The zero-order chi connectivity index (χ0) is 15.2. The Morgan fingerprint density at radius 3 is 2.67 bits per heavy atom. The SMILES string of the molecule is CC(C)CC(O)CNc1nc(NN)nc(-n2cccn2)n1. The normalized spacial score (nSPS) is 12.4. The van der Waals surface area contributed by atoms with E-state index in [0.717, 1.165) is 0 Å². The molecule has 1 unspecified atom stereocenters. The van der Waals surface area contributed by atoms with Gasteiger partial charge < -0.3 is 10.4 Å². The van der Waals surface area contributed by atoms with E-state index in [-0.39, 0.29) is 5.95 Å². The number of nitrogens with two attached hydrogens (primary N) is 1. The highest BCUT2D eigenvalue weighted by molar-refractivity contribution is 5.36. The number of aromatic nitrogens is 5. The molecule has 5 N–H and O–H groups in total. The summed E-state index contributed by atoms with van der Waals surface area (Å²) in [5.41, 5.74) is 2.38. The molecule has 0 aromatic carbocycles. The highest BCUT2D eigenvalue weighted by Gasteiger charge is 2.10. The van der Waals surface area contributed by atoms with Gasteiger partial charge in [-0.05, 0) is 18.4 Å². The lowest BCUT2D eigenvalue weighted by Crippen LogP contribution is -2.23. The van der Waals surface area contributed by atoms with Crippen LogP contribution < -0.4 is 16.6 Å². The molecule has 0 saturated heterocycles. The van der Waals surface area contributed by atoms with E-state index in [4.69, 9.17) is 5.84 Å². The molecule has 1 atom stereocenters. The van der Waals surface area contributed by atoms with Crippen LogP contribution in [0.5, 0.6) is 0 Å². The fraction of sp³-hybridized carbons (Fsp3) is 0.500. The van der Waals surface area contributed by atoms with Crippen LogP contribution in [0.1, 0.15) is 20.3 Å². The van der Waals surface area contributed by atoms with Gasteiger partial charge in [-0.2, -0.15) is 20.1 Å². The lowest BCUT2D eigenvalue weighted by molar-refractivity contribution is 0.161. The van der Waals surface area contributed by atoms with Gasteiger partial charge in [-0.25, -0.2) is 10.5 Å². The highest BCUT2D eigenvalue weighted by atomic mass is 16.3. The molecule has 2 aromatic heterocycles. The number of nitrogens with one attached hydrogen (secondary N) is 2. The van der Waals surface area contributed by atoms with Crippen LogP contribution in [0, 0.1) is 5.92 Å². The number of nitrogens with zero attached hydrogens (tertiary/aromatic N) is 5. The molecule has 0 aliphatic carbocycles. The fourth-order valence-electron chi connectivity index (χ4n) is 1.83. The molecule has 0 fully saturated rings. The van der Waals surface area contributed by atoms with E-state index in [1.165, 1.54) is 4.68 Å². The highest BCUT2D eigenvalue weighted by Crippen LogP contribution is 2.09. The van der Waals surface area contributed by atoms with Crippen LogP contribution >= 0.6 is 0 Å². The predicted octanol–water partition coefficient (Wildman–Crippen LogP) is 0.162. The van der Waals surface area contributed by atoms with Gasteiger partial charge in [-0.1, -0.05) is 13.8 Å². The summed E-state index contributed by atoms with van der Waals surface area (Å²) in [4.78, 5) is 12.4. The zero-order valence-electron chi connectivity index (χ0n) is 12.1. The van der Waals surface area contributed by atoms with Crippen LogP contribution in [0.25, 0.3) is 5.95 Å². The Morgan fingerprint density at radius 2 is 2.05 bits per heavy atom. The van der Waals surface area contributed by atoms with Crippen LogP contribution in [0.2, 0.25) is 0 Å². The smallest absolute Gasteiger partial charge is 0.257 e. The number of hydrazine groups is 1. The summed E-state index contributed by atoms with van der Waals surface area (Å²) in [5.74, 6) is 6.65. The van der Waals surface area contributed by atoms with Gasteiger partial charge in [0.25, 0.3) is 5.95 Å². The van der Waals surface area contributed by atoms with E-state index >= 15 is 0 Å². The standard InChI is InChI=1S/C12H20N8O/c1-8(2)6-9(21)7-14-10-16-11(19-13)18-12(17-10)20-5-3-4-15-20/h3-5,8-9,21H,6-7,13H2,1-2H3,(H2,14,16,17,18,19). The van der Waals surface area contributed by atoms with Gasteiger partial charge in [-0.3, -0.25) is 5.43 Å². The van der Waals surface area contributed by atoms with Gasteiger partial charge in [0, 0.05) is 18.9 Å². The Bertz CT molecular complexity index is 556. The number of nitrogen functional groups attached to an aromatic ring is 1. The third-order valence-electron chi connectivity index (χ3n) is 2.70. The minimum atomic E-state index is -0.468. The molecule has 0 aliphatic heterocycles. The van der Waals surface area contributed by atoms with Crippen molar-refractivity contribution in [2.45, 2.75) is 26.4 Å². The van der Waals surface area contributed by atoms with Crippen molar-refractivity contribution in [3.63, 3.8) is 0 Å². The van der Waals surface area contributed by atoms with Crippen LogP contribution in [0.3, 0.4) is 0 Å². The van der Waals surface area contributed by atoms with E-state index in [9.17, 15) is 5.11 Å². The molecule has 9 heteroatoms. The minimum absolute atomic E-state index is 0.219. The van der Waals surface area contributed by atoms with E-state index < -0.39 is 6.10 Å². The Kier molecular flexibility index (Phi) is 5.01. The van der Waals surface area contributed by atoms with Crippen molar-refractivity contribution in [2.24, 2.45) is 11.8 Å². The number of anilines is 2. The topological polar surface area (TPSA) is 127 Å². The molecule has 0 saturated carbocycles. The van der Waals surface area contributed by atoms with E-state index in [2.05, 4.69) is 44.6 Å². The molecular formula is C12H20N8O. The second kappa shape index (κ2) is 6.95. The van der Waals surface area contributed by atoms with Gasteiger partial charge in [-0.15, -0.1) is 0 Å². The molecule has 114 valence electrons. The summed E-state index contributed by atoms with van der Waals surface area (Å²) in [6, 6.07) is 1.76. The molecule has 21 heavy (non-hydrogen) atoms.